The number of nitriles is 2. The van der Waals surface area contributed by atoms with Gasteiger partial charge in [0.05, 0.1) is 10.0 Å². The number of benzene rings is 2. The molecule has 6 heteroatoms. The summed E-state index contributed by atoms with van der Waals surface area (Å²) < 4.78 is 0. The van der Waals surface area contributed by atoms with Crippen molar-refractivity contribution >= 4 is 23.2 Å². The lowest BCUT2D eigenvalue weighted by atomic mass is 10.1. The highest BCUT2D eigenvalue weighted by Gasteiger charge is 2.02. The molecule has 0 spiro atoms. The summed E-state index contributed by atoms with van der Waals surface area (Å²) in [4.78, 5) is 7.90. The monoisotopic (exact) mass is 532 g/mol. The number of rotatable bonds is 0. The molecule has 2 aromatic carbocycles. The molecule has 0 aliphatic carbocycles. The van der Waals surface area contributed by atoms with Gasteiger partial charge < -0.3 is 0 Å². The van der Waals surface area contributed by atoms with Crippen LogP contribution in [0.15, 0.2) is 60.9 Å². The summed E-state index contributed by atoms with van der Waals surface area (Å²) in [6, 6.07) is 19.4. The minimum Gasteiger partial charge on any atom is -0.243 e. The normalized spacial score (nSPS) is 9.37. The van der Waals surface area contributed by atoms with Gasteiger partial charge in [-0.3, -0.25) is 0 Å². The fraction of sp³-hybridized carbons (Fsp3) is 0.125. The van der Waals surface area contributed by atoms with Gasteiger partial charge in [-0.2, -0.15) is 10.5 Å². The highest BCUT2D eigenvalue weighted by atomic mass is 35.5. The van der Waals surface area contributed by atoms with E-state index in [1.807, 2.05) is 50.3 Å². The molecule has 0 amide bonds. The van der Waals surface area contributed by atoms with Gasteiger partial charge in [-0.25, -0.2) is 9.97 Å². The average molecular weight is 533 g/mol. The number of nitrogens with zero attached hydrogens (tertiary/aromatic N) is 4. The third-order valence-electron chi connectivity index (χ3n) is 5.34. The van der Waals surface area contributed by atoms with Crippen molar-refractivity contribution in [1.82, 2.24) is 9.97 Å². The van der Waals surface area contributed by atoms with Crippen molar-refractivity contribution in [3.05, 3.63) is 127 Å². The predicted molar refractivity (Wildman–Crippen MR) is 152 cm³/mol. The SMILES string of the molecule is Cc1ccc(C#Cc2cnc(C#N)c(Cl)c2)c(C)c1.Cc1ccc(C#Cc2cnc(C#N)c(Cl)c2)c(C)c1. The van der Waals surface area contributed by atoms with Gasteiger partial charge in [-0.05, 0) is 63.1 Å². The van der Waals surface area contributed by atoms with Gasteiger partial charge >= 0.3 is 0 Å². The maximum atomic E-state index is 8.75. The lowest BCUT2D eigenvalue weighted by Crippen LogP contribution is -1.87. The Morgan fingerprint density at radius 3 is 1.29 bits per heavy atom. The molecule has 0 bridgehead atoms. The first-order valence-electron chi connectivity index (χ1n) is 11.5. The molecule has 184 valence electrons. The van der Waals surface area contributed by atoms with Gasteiger partial charge in [-0.15, -0.1) is 0 Å². The Bertz CT molecular complexity index is 1590. The molecule has 0 unspecified atom stereocenters. The van der Waals surface area contributed by atoms with E-state index in [9.17, 15) is 0 Å². The molecule has 0 aliphatic heterocycles. The van der Waals surface area contributed by atoms with Crippen LogP contribution in [0.1, 0.15) is 55.9 Å². The van der Waals surface area contributed by atoms with E-state index in [0.29, 0.717) is 21.2 Å². The van der Waals surface area contributed by atoms with E-state index in [-0.39, 0.29) is 11.4 Å². The third-order valence-corrected chi connectivity index (χ3v) is 5.92. The Hall–Kier alpha value is -4.58. The molecule has 38 heavy (non-hydrogen) atoms. The number of hydrogen-bond donors (Lipinski definition) is 0. The molecule has 0 aliphatic rings. The van der Waals surface area contributed by atoms with Crippen molar-refractivity contribution in [3.8, 4) is 35.8 Å². The van der Waals surface area contributed by atoms with E-state index in [4.69, 9.17) is 33.7 Å². The maximum Gasteiger partial charge on any atom is 0.159 e. The molecule has 0 fully saturated rings. The van der Waals surface area contributed by atoms with E-state index in [1.165, 1.54) is 11.1 Å². The van der Waals surface area contributed by atoms with Crippen molar-refractivity contribution in [1.29, 1.82) is 10.5 Å². The molecule has 0 atom stereocenters. The van der Waals surface area contributed by atoms with Crippen LogP contribution >= 0.6 is 23.2 Å². The molecule has 2 heterocycles. The number of pyridine rings is 2. The van der Waals surface area contributed by atoms with Crippen molar-refractivity contribution in [2.45, 2.75) is 27.7 Å². The molecule has 4 rings (SSSR count). The molecule has 0 saturated heterocycles. The number of aryl methyl sites for hydroxylation is 4. The molecule has 0 N–H and O–H groups in total. The first-order valence-corrected chi connectivity index (χ1v) is 12.3. The van der Waals surface area contributed by atoms with Crippen LogP contribution in [-0.2, 0) is 0 Å². The number of hydrogen-bond acceptors (Lipinski definition) is 4. The fourth-order valence-electron chi connectivity index (χ4n) is 3.36. The summed E-state index contributed by atoms with van der Waals surface area (Å²) in [5.74, 6) is 12.2. The Morgan fingerprint density at radius 2 is 0.974 bits per heavy atom. The van der Waals surface area contributed by atoms with Gasteiger partial charge in [0.1, 0.15) is 12.1 Å². The summed E-state index contributed by atoms with van der Waals surface area (Å²) >= 11 is 11.8. The third kappa shape index (κ3) is 7.71. The van der Waals surface area contributed by atoms with Crippen LogP contribution in [0.5, 0.6) is 0 Å². The standard InChI is InChI=1S/2C16H11ClN2/c2*1-11-3-5-14(12(2)7-11)6-4-13-8-15(17)16(9-18)19-10-13/h2*3,5,7-8,10H,1-2H3. The van der Waals surface area contributed by atoms with Crippen molar-refractivity contribution in [2.24, 2.45) is 0 Å². The first kappa shape index (κ1) is 28.0. The zero-order chi connectivity index (χ0) is 27.7. The topological polar surface area (TPSA) is 73.4 Å². The van der Waals surface area contributed by atoms with Crippen molar-refractivity contribution in [2.75, 3.05) is 0 Å². The molecular weight excluding hydrogens is 511 g/mol. The first-order chi connectivity index (χ1) is 18.2. The molecule has 0 radical (unpaired) electrons. The van der Waals surface area contributed by atoms with Crippen LogP contribution in [0.3, 0.4) is 0 Å². The van der Waals surface area contributed by atoms with Crippen molar-refractivity contribution < 1.29 is 0 Å². The summed E-state index contributed by atoms with van der Waals surface area (Å²) in [5, 5.41) is 18.2. The molecule has 4 nitrogen and oxygen atoms in total. The fourth-order valence-corrected chi connectivity index (χ4v) is 3.78. The Balaban J connectivity index is 0.000000211. The number of aromatic nitrogens is 2. The second-order valence-corrected chi connectivity index (χ2v) is 9.28. The second-order valence-electron chi connectivity index (χ2n) is 8.47. The molecule has 4 aromatic rings. The van der Waals surface area contributed by atoms with E-state index < -0.39 is 0 Å². The van der Waals surface area contributed by atoms with Crippen LogP contribution in [-0.4, -0.2) is 9.97 Å². The van der Waals surface area contributed by atoms with Gasteiger partial charge in [0.25, 0.3) is 0 Å². The van der Waals surface area contributed by atoms with Crippen LogP contribution in [0.2, 0.25) is 10.0 Å². The zero-order valence-corrected chi connectivity index (χ0v) is 22.8. The summed E-state index contributed by atoms with van der Waals surface area (Å²) in [6.45, 7) is 8.16. The molecular formula is C32H22Cl2N4. The highest BCUT2D eigenvalue weighted by Crippen LogP contribution is 2.15. The Labute approximate surface area is 233 Å². The van der Waals surface area contributed by atoms with Gasteiger partial charge in [0, 0.05) is 34.6 Å². The van der Waals surface area contributed by atoms with E-state index in [1.54, 1.807) is 24.5 Å². The number of halogens is 2. The quantitative estimate of drug-likeness (QED) is 0.223. The summed E-state index contributed by atoms with van der Waals surface area (Å²) in [6.07, 6.45) is 3.11. The highest BCUT2D eigenvalue weighted by molar-refractivity contribution is 6.31. The van der Waals surface area contributed by atoms with Crippen LogP contribution in [0.4, 0.5) is 0 Å². The smallest absolute Gasteiger partial charge is 0.159 e. The van der Waals surface area contributed by atoms with Crippen LogP contribution in [0, 0.1) is 74.0 Å². The minimum atomic E-state index is 0.221. The van der Waals surface area contributed by atoms with E-state index >= 15 is 0 Å². The summed E-state index contributed by atoms with van der Waals surface area (Å²) in [7, 11) is 0. The van der Waals surface area contributed by atoms with Gasteiger partial charge in [-0.1, -0.05) is 82.3 Å². The second kappa shape index (κ2) is 13.1. The maximum absolute atomic E-state index is 8.75. The Kier molecular flexibility index (Phi) is 9.66. The van der Waals surface area contributed by atoms with E-state index in [2.05, 4.69) is 59.6 Å². The predicted octanol–water partition coefficient (Wildman–Crippen LogP) is 7.25. The minimum absolute atomic E-state index is 0.221. The molecule has 0 saturated carbocycles. The lowest BCUT2D eigenvalue weighted by Gasteiger charge is -1.99. The molecule has 2 aromatic heterocycles. The average Bonchev–Trinajstić information content (AvgIpc) is 2.88. The lowest BCUT2D eigenvalue weighted by molar-refractivity contribution is 1.25. The van der Waals surface area contributed by atoms with Gasteiger partial charge in [0.2, 0.25) is 0 Å². The van der Waals surface area contributed by atoms with Crippen molar-refractivity contribution in [3.63, 3.8) is 0 Å². The Morgan fingerprint density at radius 1 is 0.579 bits per heavy atom. The van der Waals surface area contributed by atoms with E-state index in [0.717, 1.165) is 22.3 Å². The largest absolute Gasteiger partial charge is 0.243 e. The zero-order valence-electron chi connectivity index (χ0n) is 21.3. The summed E-state index contributed by atoms with van der Waals surface area (Å²) in [5.41, 5.74) is 8.50. The van der Waals surface area contributed by atoms with Crippen LogP contribution in [0.25, 0.3) is 0 Å². The van der Waals surface area contributed by atoms with Crippen LogP contribution < -0.4 is 0 Å². The van der Waals surface area contributed by atoms with Gasteiger partial charge in [0.15, 0.2) is 11.4 Å².